The van der Waals surface area contributed by atoms with Gasteiger partial charge in [-0.25, -0.2) is 4.39 Å². The molecule has 0 N–H and O–H groups in total. The van der Waals surface area contributed by atoms with E-state index in [1.54, 1.807) is 12.1 Å². The highest BCUT2D eigenvalue weighted by Crippen LogP contribution is 2.33. The summed E-state index contributed by atoms with van der Waals surface area (Å²) in [5.41, 5.74) is 0.681. The Morgan fingerprint density at radius 2 is 2.14 bits per heavy atom. The van der Waals surface area contributed by atoms with E-state index in [1.807, 2.05) is 20.3 Å². The molecule has 0 heterocycles. The van der Waals surface area contributed by atoms with Crippen LogP contribution in [0.4, 0.5) is 4.39 Å². The number of hydrogen-bond donors (Lipinski definition) is 0. The molecule has 0 bridgehead atoms. The Balaban J connectivity index is 3.17. The molecule has 14 heavy (non-hydrogen) atoms. The summed E-state index contributed by atoms with van der Waals surface area (Å²) in [4.78, 5) is 0. The molecule has 77 valence electrons. The van der Waals surface area contributed by atoms with Crippen molar-refractivity contribution in [3.8, 4) is 5.75 Å². The number of halogens is 2. The van der Waals surface area contributed by atoms with Gasteiger partial charge < -0.3 is 4.74 Å². The van der Waals surface area contributed by atoms with Crippen molar-refractivity contribution in [3.05, 3.63) is 34.4 Å². The summed E-state index contributed by atoms with van der Waals surface area (Å²) < 4.78 is 19.1. The molecule has 0 amide bonds. The molecule has 1 aromatic rings. The Morgan fingerprint density at radius 1 is 1.50 bits per heavy atom. The zero-order chi connectivity index (χ0) is 10.7. The molecule has 0 saturated heterocycles. The fourth-order valence-corrected chi connectivity index (χ4v) is 1.76. The second kappa shape index (κ2) is 4.78. The predicted molar refractivity (Wildman–Crippen MR) is 59.0 cm³/mol. The summed E-state index contributed by atoms with van der Waals surface area (Å²) in [6.45, 7) is 3.87. The van der Waals surface area contributed by atoms with Crippen LogP contribution in [-0.4, -0.2) is 7.11 Å². The summed E-state index contributed by atoms with van der Waals surface area (Å²) in [7, 11) is 1.52. The van der Waals surface area contributed by atoms with Crippen LogP contribution in [-0.2, 0) is 0 Å². The van der Waals surface area contributed by atoms with Crippen molar-refractivity contribution in [1.29, 1.82) is 0 Å². The van der Waals surface area contributed by atoms with Crippen LogP contribution in [0.5, 0.6) is 5.75 Å². The van der Waals surface area contributed by atoms with E-state index in [-0.39, 0.29) is 11.7 Å². The van der Waals surface area contributed by atoms with E-state index < -0.39 is 0 Å². The van der Waals surface area contributed by atoms with E-state index in [9.17, 15) is 4.39 Å². The Labute approximate surface area is 92.4 Å². The second-order valence-corrected chi connectivity index (χ2v) is 3.90. The lowest BCUT2D eigenvalue weighted by atomic mass is 9.98. The Morgan fingerprint density at radius 3 is 2.64 bits per heavy atom. The molecule has 3 heteroatoms. The third-order valence-electron chi connectivity index (χ3n) is 2.29. The van der Waals surface area contributed by atoms with Gasteiger partial charge in [0.2, 0.25) is 0 Å². The van der Waals surface area contributed by atoms with Gasteiger partial charge in [-0.3, -0.25) is 0 Å². The molecule has 0 spiro atoms. The second-order valence-electron chi connectivity index (χ2n) is 3.11. The largest absolute Gasteiger partial charge is 0.495 e. The number of benzene rings is 1. The maximum atomic E-state index is 13.7. The fourth-order valence-electron chi connectivity index (χ4n) is 1.24. The van der Waals surface area contributed by atoms with Gasteiger partial charge in [0.25, 0.3) is 0 Å². The minimum absolute atomic E-state index is 0.109. The average Bonchev–Trinajstić information content (AvgIpc) is 2.21. The Hall–Kier alpha value is -0.570. The van der Waals surface area contributed by atoms with Gasteiger partial charge in [-0.15, -0.1) is 0 Å². The first-order valence-electron chi connectivity index (χ1n) is 4.43. The van der Waals surface area contributed by atoms with Gasteiger partial charge in [-0.2, -0.15) is 0 Å². The lowest BCUT2D eigenvalue weighted by molar-refractivity contribution is 0.407. The van der Waals surface area contributed by atoms with E-state index >= 15 is 0 Å². The Kier molecular flexibility index (Phi) is 3.93. The molecule has 0 saturated carbocycles. The highest BCUT2D eigenvalue weighted by molar-refractivity contribution is 9.10. The van der Waals surface area contributed by atoms with Crippen LogP contribution in [0.15, 0.2) is 16.6 Å². The number of rotatable bonds is 3. The summed E-state index contributed by atoms with van der Waals surface area (Å²) in [6.07, 6.45) is 1.96. The van der Waals surface area contributed by atoms with E-state index in [4.69, 9.17) is 4.74 Å². The highest BCUT2D eigenvalue weighted by Gasteiger charge is 2.15. The topological polar surface area (TPSA) is 9.23 Å². The summed E-state index contributed by atoms with van der Waals surface area (Å²) in [5.74, 6) is 0.390. The molecule has 1 rings (SSSR count). The predicted octanol–water partition coefficient (Wildman–Crippen LogP) is 3.92. The normalized spacial score (nSPS) is 12.6. The van der Waals surface area contributed by atoms with Gasteiger partial charge in [-0.1, -0.05) is 19.9 Å². The van der Waals surface area contributed by atoms with Crippen molar-refractivity contribution in [3.63, 3.8) is 0 Å². The smallest absolute Gasteiger partial charge is 0.144 e. The van der Waals surface area contributed by atoms with E-state index in [1.165, 1.54) is 7.11 Å². The van der Waals surface area contributed by atoms with Gasteiger partial charge in [0.05, 0.1) is 11.6 Å². The quantitative estimate of drug-likeness (QED) is 0.800. The van der Waals surface area contributed by atoms with E-state index in [2.05, 4.69) is 15.9 Å². The van der Waals surface area contributed by atoms with Crippen molar-refractivity contribution in [2.45, 2.75) is 19.8 Å². The SMILES string of the molecule is C[CH]C(C)c1ccc(OC)c(Br)c1F. The standard InChI is InChI=1S/C11H13BrFO/c1-4-7(2)8-5-6-9(14-3)10(12)11(8)13/h4-7H,1-3H3. The molecule has 1 nitrogen and oxygen atoms in total. The monoisotopic (exact) mass is 259 g/mol. The van der Waals surface area contributed by atoms with Crippen LogP contribution in [0.3, 0.4) is 0 Å². The number of methoxy groups -OCH3 is 1. The van der Waals surface area contributed by atoms with Crippen LogP contribution in [0.1, 0.15) is 25.3 Å². The van der Waals surface area contributed by atoms with Crippen LogP contribution in [0.2, 0.25) is 0 Å². The lowest BCUT2D eigenvalue weighted by Crippen LogP contribution is -1.98. The molecule has 1 radical (unpaired) electrons. The maximum Gasteiger partial charge on any atom is 0.144 e. The minimum Gasteiger partial charge on any atom is -0.495 e. The number of ether oxygens (including phenoxy) is 1. The van der Waals surface area contributed by atoms with Crippen molar-refractivity contribution in [2.75, 3.05) is 7.11 Å². The molecular formula is C11H13BrFO. The van der Waals surface area contributed by atoms with Crippen molar-refractivity contribution in [2.24, 2.45) is 0 Å². The first-order valence-corrected chi connectivity index (χ1v) is 5.22. The average molecular weight is 260 g/mol. The van der Waals surface area contributed by atoms with Crippen molar-refractivity contribution in [1.82, 2.24) is 0 Å². The molecule has 0 aliphatic rings. The maximum absolute atomic E-state index is 13.7. The van der Waals surface area contributed by atoms with Crippen LogP contribution in [0.25, 0.3) is 0 Å². The van der Waals surface area contributed by atoms with Gasteiger partial charge in [0.1, 0.15) is 11.6 Å². The zero-order valence-corrected chi connectivity index (χ0v) is 10.1. The third-order valence-corrected chi connectivity index (χ3v) is 3.03. The summed E-state index contributed by atoms with van der Waals surface area (Å²) >= 11 is 3.17. The van der Waals surface area contributed by atoms with Crippen LogP contribution >= 0.6 is 15.9 Å². The van der Waals surface area contributed by atoms with Gasteiger partial charge in [0.15, 0.2) is 0 Å². The van der Waals surface area contributed by atoms with Gasteiger partial charge in [0, 0.05) is 0 Å². The molecular weight excluding hydrogens is 247 g/mol. The third kappa shape index (κ3) is 2.08. The van der Waals surface area contributed by atoms with Crippen molar-refractivity contribution < 1.29 is 9.13 Å². The molecule has 0 fully saturated rings. The fraction of sp³-hybridized carbons (Fsp3) is 0.364. The first-order chi connectivity index (χ1) is 6.61. The van der Waals surface area contributed by atoms with Crippen LogP contribution in [0, 0.1) is 12.2 Å². The molecule has 0 aromatic heterocycles. The molecule has 1 atom stereocenters. The lowest BCUT2D eigenvalue weighted by Gasteiger charge is -2.12. The van der Waals surface area contributed by atoms with Crippen LogP contribution < -0.4 is 4.74 Å². The van der Waals surface area contributed by atoms with E-state index in [0.717, 1.165) is 0 Å². The van der Waals surface area contributed by atoms with Gasteiger partial charge in [-0.05, 0) is 39.9 Å². The zero-order valence-electron chi connectivity index (χ0n) is 8.47. The van der Waals surface area contributed by atoms with Gasteiger partial charge >= 0.3 is 0 Å². The molecule has 0 aliphatic carbocycles. The number of hydrogen-bond acceptors (Lipinski definition) is 1. The highest BCUT2D eigenvalue weighted by atomic mass is 79.9. The first kappa shape index (κ1) is 11.5. The molecule has 0 aliphatic heterocycles. The Bertz CT molecular complexity index is 325. The minimum atomic E-state index is -0.241. The molecule has 1 aromatic carbocycles. The summed E-state index contributed by atoms with van der Waals surface area (Å²) in [5, 5.41) is 0. The molecule has 1 unspecified atom stereocenters. The summed E-state index contributed by atoms with van der Waals surface area (Å²) in [6, 6.07) is 3.52. The van der Waals surface area contributed by atoms with Crippen molar-refractivity contribution >= 4 is 15.9 Å². The van der Waals surface area contributed by atoms with E-state index in [0.29, 0.717) is 15.8 Å².